The molecule has 1 saturated carbocycles. The molecule has 0 atom stereocenters. The third-order valence-corrected chi connectivity index (χ3v) is 4.87. The maximum Gasteiger partial charge on any atom is 0.419 e. The smallest absolute Gasteiger partial charge is 0.419 e. The van der Waals surface area contributed by atoms with Crippen molar-refractivity contribution in [2.45, 2.75) is 64.7 Å². The van der Waals surface area contributed by atoms with Crippen LogP contribution in [-0.4, -0.2) is 16.7 Å². The Morgan fingerprint density at radius 3 is 2.17 bits per heavy atom. The number of rotatable bonds is 3. The number of ether oxygens (including phenoxy) is 1. The molecular weight excluding hydrogens is 321 g/mol. The van der Waals surface area contributed by atoms with E-state index in [0.717, 1.165) is 37.5 Å². The number of benzene rings is 1. The predicted octanol–water partition coefficient (Wildman–Crippen LogP) is 5.53. The second-order valence-electron chi connectivity index (χ2n) is 7.42. The van der Waals surface area contributed by atoms with Crippen molar-refractivity contribution in [1.82, 2.24) is 0 Å². The monoisotopic (exact) mass is 344 g/mol. The molecule has 3 nitrogen and oxygen atoms in total. The first-order chi connectivity index (χ1) is 11.0. The summed E-state index contributed by atoms with van der Waals surface area (Å²) in [4.78, 5) is 11.1. The van der Waals surface area contributed by atoms with Crippen LogP contribution in [0.5, 0.6) is 5.75 Å². The van der Waals surface area contributed by atoms with Crippen molar-refractivity contribution >= 4 is 5.97 Å². The second kappa shape index (κ2) is 6.30. The Morgan fingerprint density at radius 1 is 1.12 bits per heavy atom. The highest BCUT2D eigenvalue weighted by atomic mass is 19.4. The molecule has 2 rings (SSSR count). The van der Waals surface area contributed by atoms with Gasteiger partial charge < -0.3 is 9.84 Å². The molecule has 0 unspecified atom stereocenters. The molecule has 1 aliphatic rings. The normalized spacial score (nSPS) is 18.2. The number of carboxylic acid groups (broad SMARTS) is 1. The average Bonchev–Trinajstić information content (AvgIpc) is 2.45. The topological polar surface area (TPSA) is 46.5 Å². The SMILES string of the molecule is CC(C)(C)C1(Oc2cc(C(=O)O)ccc2C(F)(F)F)CCCCC1. The van der Waals surface area contributed by atoms with Gasteiger partial charge in [0.2, 0.25) is 0 Å². The summed E-state index contributed by atoms with van der Waals surface area (Å²) >= 11 is 0. The van der Waals surface area contributed by atoms with E-state index in [1.54, 1.807) is 0 Å². The van der Waals surface area contributed by atoms with Crippen LogP contribution in [0, 0.1) is 5.41 Å². The van der Waals surface area contributed by atoms with Crippen molar-refractivity contribution in [3.63, 3.8) is 0 Å². The molecule has 0 aromatic heterocycles. The molecule has 0 amide bonds. The van der Waals surface area contributed by atoms with Gasteiger partial charge >= 0.3 is 12.1 Å². The number of halogens is 3. The van der Waals surface area contributed by atoms with Gasteiger partial charge in [-0.2, -0.15) is 13.2 Å². The van der Waals surface area contributed by atoms with E-state index in [9.17, 15) is 18.0 Å². The van der Waals surface area contributed by atoms with Crippen LogP contribution in [0.15, 0.2) is 18.2 Å². The number of hydrogen-bond acceptors (Lipinski definition) is 2. The first-order valence-corrected chi connectivity index (χ1v) is 8.10. The molecule has 0 aliphatic heterocycles. The minimum atomic E-state index is -4.60. The maximum absolute atomic E-state index is 13.3. The third-order valence-electron chi connectivity index (χ3n) is 4.87. The minimum absolute atomic E-state index is 0.210. The molecule has 1 aliphatic carbocycles. The van der Waals surface area contributed by atoms with Gasteiger partial charge in [-0.1, -0.05) is 27.2 Å². The van der Waals surface area contributed by atoms with Crippen molar-refractivity contribution in [3.05, 3.63) is 29.3 Å². The van der Waals surface area contributed by atoms with Gasteiger partial charge in [0.15, 0.2) is 0 Å². The Bertz CT molecular complexity index is 609. The van der Waals surface area contributed by atoms with Gasteiger partial charge in [-0.3, -0.25) is 0 Å². The van der Waals surface area contributed by atoms with E-state index in [0.29, 0.717) is 12.8 Å². The molecule has 0 spiro atoms. The fourth-order valence-electron chi connectivity index (χ4n) is 3.31. The minimum Gasteiger partial charge on any atom is -0.486 e. The Balaban J connectivity index is 2.52. The highest BCUT2D eigenvalue weighted by Gasteiger charge is 2.46. The number of aromatic carboxylic acids is 1. The molecule has 24 heavy (non-hydrogen) atoms. The highest BCUT2D eigenvalue weighted by Crippen LogP contribution is 2.47. The predicted molar refractivity (Wildman–Crippen MR) is 84.3 cm³/mol. The molecule has 0 bridgehead atoms. The first kappa shape index (κ1) is 18.6. The lowest BCUT2D eigenvalue weighted by molar-refractivity contribution is -0.142. The lowest BCUT2D eigenvalue weighted by atomic mass is 9.68. The second-order valence-corrected chi connectivity index (χ2v) is 7.42. The lowest BCUT2D eigenvalue weighted by Gasteiger charge is -2.47. The maximum atomic E-state index is 13.3. The average molecular weight is 344 g/mol. The molecule has 6 heteroatoms. The Morgan fingerprint density at radius 2 is 1.71 bits per heavy atom. The van der Waals surface area contributed by atoms with E-state index < -0.39 is 23.3 Å². The summed E-state index contributed by atoms with van der Waals surface area (Å²) in [5.41, 5.74) is -2.24. The molecule has 0 radical (unpaired) electrons. The van der Waals surface area contributed by atoms with E-state index in [1.165, 1.54) is 0 Å². The van der Waals surface area contributed by atoms with Crippen LogP contribution in [0.3, 0.4) is 0 Å². The number of carboxylic acids is 1. The third kappa shape index (κ3) is 3.68. The van der Waals surface area contributed by atoms with Gasteiger partial charge in [-0.05, 0) is 43.9 Å². The molecule has 134 valence electrons. The van der Waals surface area contributed by atoms with Gasteiger partial charge in [0.25, 0.3) is 0 Å². The van der Waals surface area contributed by atoms with Gasteiger partial charge in [-0.15, -0.1) is 0 Å². The standard InChI is InChI=1S/C18H23F3O3/c1-16(2,3)17(9-5-4-6-10-17)24-14-11-12(15(22)23)7-8-13(14)18(19,20)21/h7-8,11H,4-6,9-10H2,1-3H3,(H,22,23). The van der Waals surface area contributed by atoms with Crippen LogP contribution in [-0.2, 0) is 6.18 Å². The molecule has 1 fully saturated rings. The summed E-state index contributed by atoms with van der Waals surface area (Å²) in [5.74, 6) is -1.67. The number of hydrogen-bond donors (Lipinski definition) is 1. The van der Waals surface area contributed by atoms with E-state index in [-0.39, 0.29) is 16.7 Å². The van der Waals surface area contributed by atoms with E-state index in [2.05, 4.69) is 0 Å². The molecule has 0 heterocycles. The molecular formula is C18H23F3O3. The van der Waals surface area contributed by atoms with Crippen molar-refractivity contribution in [2.24, 2.45) is 5.41 Å². The van der Waals surface area contributed by atoms with Crippen molar-refractivity contribution in [1.29, 1.82) is 0 Å². The van der Waals surface area contributed by atoms with Crippen molar-refractivity contribution in [3.8, 4) is 5.75 Å². The van der Waals surface area contributed by atoms with Gasteiger partial charge in [0.05, 0.1) is 11.1 Å². The fourth-order valence-corrected chi connectivity index (χ4v) is 3.31. The van der Waals surface area contributed by atoms with Gasteiger partial charge in [0, 0.05) is 5.41 Å². The zero-order chi connectivity index (χ0) is 18.2. The summed E-state index contributed by atoms with van der Waals surface area (Å²) in [6, 6.07) is 2.74. The summed E-state index contributed by atoms with van der Waals surface area (Å²) in [5, 5.41) is 9.10. The van der Waals surface area contributed by atoms with E-state index in [1.807, 2.05) is 20.8 Å². The summed E-state index contributed by atoms with van der Waals surface area (Å²) < 4.78 is 46.0. The van der Waals surface area contributed by atoms with Crippen molar-refractivity contribution < 1.29 is 27.8 Å². The van der Waals surface area contributed by atoms with E-state index in [4.69, 9.17) is 9.84 Å². The molecule has 1 N–H and O–H groups in total. The summed E-state index contributed by atoms with van der Waals surface area (Å²) in [7, 11) is 0. The van der Waals surface area contributed by atoms with Gasteiger partial charge in [-0.25, -0.2) is 4.79 Å². The summed E-state index contributed by atoms with van der Waals surface area (Å²) in [6.45, 7) is 5.85. The van der Waals surface area contributed by atoms with Crippen LogP contribution in [0.4, 0.5) is 13.2 Å². The Kier molecular flexibility index (Phi) is 4.88. The summed E-state index contributed by atoms with van der Waals surface area (Å²) in [6.07, 6.45) is -0.479. The Labute approximate surface area is 139 Å². The lowest BCUT2D eigenvalue weighted by Crippen LogP contribution is -2.49. The largest absolute Gasteiger partial charge is 0.486 e. The quantitative estimate of drug-likeness (QED) is 0.784. The number of alkyl halides is 3. The van der Waals surface area contributed by atoms with Crippen molar-refractivity contribution in [2.75, 3.05) is 0 Å². The van der Waals surface area contributed by atoms with E-state index >= 15 is 0 Å². The molecule has 0 saturated heterocycles. The highest BCUT2D eigenvalue weighted by molar-refractivity contribution is 5.88. The van der Waals surface area contributed by atoms with Crippen LogP contribution < -0.4 is 4.74 Å². The van der Waals surface area contributed by atoms with Gasteiger partial charge in [0.1, 0.15) is 11.4 Å². The Hall–Kier alpha value is -1.72. The first-order valence-electron chi connectivity index (χ1n) is 8.10. The molecule has 1 aromatic rings. The fraction of sp³-hybridized carbons (Fsp3) is 0.611. The zero-order valence-corrected chi connectivity index (χ0v) is 14.2. The van der Waals surface area contributed by atoms with Crippen LogP contribution in [0.1, 0.15) is 68.8 Å². The van der Waals surface area contributed by atoms with Crippen LogP contribution in [0.2, 0.25) is 0 Å². The zero-order valence-electron chi connectivity index (χ0n) is 14.2. The van der Waals surface area contributed by atoms with Crippen LogP contribution in [0.25, 0.3) is 0 Å². The molecule has 1 aromatic carbocycles. The number of carbonyl (C=O) groups is 1. The van der Waals surface area contributed by atoms with Crippen LogP contribution >= 0.6 is 0 Å².